The second kappa shape index (κ2) is 4.90. The Balaban J connectivity index is 2.01. The van der Waals surface area contributed by atoms with E-state index < -0.39 is 0 Å². The van der Waals surface area contributed by atoms with Crippen molar-refractivity contribution in [3.05, 3.63) is 51.8 Å². The predicted octanol–water partition coefficient (Wildman–Crippen LogP) is 2.94. The number of aromatic nitrogens is 1. The molecule has 0 spiro atoms. The number of nitrogens with zero attached hydrogens (tertiary/aromatic N) is 2. The van der Waals surface area contributed by atoms with Gasteiger partial charge in [0.2, 0.25) is 0 Å². The lowest BCUT2D eigenvalue weighted by Gasteiger charge is -2.18. The van der Waals surface area contributed by atoms with Crippen LogP contribution in [0.3, 0.4) is 0 Å². The summed E-state index contributed by atoms with van der Waals surface area (Å²) in [5.41, 5.74) is 10.2. The van der Waals surface area contributed by atoms with E-state index in [9.17, 15) is 4.79 Å². The molecule has 2 N–H and O–H groups in total. The van der Waals surface area contributed by atoms with Crippen molar-refractivity contribution in [1.29, 1.82) is 0 Å². The van der Waals surface area contributed by atoms with Crippen LogP contribution in [-0.4, -0.2) is 17.4 Å². The molecule has 0 bridgehead atoms. The highest BCUT2D eigenvalue weighted by molar-refractivity contribution is 9.10. The number of halogens is 1. The Morgan fingerprint density at radius 3 is 3.00 bits per heavy atom. The van der Waals surface area contributed by atoms with Crippen LogP contribution in [0.5, 0.6) is 0 Å². The number of carbonyl (C=O) groups excluding carboxylic acids is 1. The normalized spacial score (nSPS) is 13.4. The average molecular weight is 332 g/mol. The summed E-state index contributed by atoms with van der Waals surface area (Å²) in [5, 5.41) is 0. The van der Waals surface area contributed by atoms with Crippen molar-refractivity contribution in [2.45, 2.75) is 13.3 Å². The van der Waals surface area contributed by atoms with Crippen molar-refractivity contribution < 1.29 is 4.79 Å². The molecule has 1 amide bonds. The lowest BCUT2D eigenvalue weighted by molar-refractivity contribution is 0.0984. The number of carbonyl (C=O) groups is 1. The second-order valence-electron chi connectivity index (χ2n) is 4.88. The molecule has 0 unspecified atom stereocenters. The Morgan fingerprint density at radius 2 is 2.25 bits per heavy atom. The standard InChI is InChI=1S/C15H14BrN3O/c1-9-7-10-4-6-19(13(10)8-12(9)17)15(20)14-11(16)3-2-5-18-14/h2-3,5,7-8H,4,6,17H2,1H3. The number of hydrogen-bond acceptors (Lipinski definition) is 3. The number of rotatable bonds is 1. The van der Waals surface area contributed by atoms with Gasteiger partial charge in [0.15, 0.2) is 0 Å². The second-order valence-corrected chi connectivity index (χ2v) is 5.73. The van der Waals surface area contributed by atoms with E-state index >= 15 is 0 Å². The fourth-order valence-electron chi connectivity index (χ4n) is 2.46. The molecule has 1 aliphatic heterocycles. The Hall–Kier alpha value is -1.88. The third-order valence-electron chi connectivity index (χ3n) is 3.57. The first kappa shape index (κ1) is 13.1. The fraction of sp³-hybridized carbons (Fsp3) is 0.200. The van der Waals surface area contributed by atoms with E-state index in [1.54, 1.807) is 17.2 Å². The minimum atomic E-state index is -0.0977. The number of nitrogens with two attached hydrogens (primary N) is 1. The van der Waals surface area contributed by atoms with Crippen molar-refractivity contribution in [3.8, 4) is 0 Å². The highest BCUT2D eigenvalue weighted by Gasteiger charge is 2.28. The van der Waals surface area contributed by atoms with Crippen LogP contribution >= 0.6 is 15.9 Å². The van der Waals surface area contributed by atoms with E-state index in [0.717, 1.165) is 23.2 Å². The average Bonchev–Trinajstić information content (AvgIpc) is 2.82. The zero-order chi connectivity index (χ0) is 14.3. The van der Waals surface area contributed by atoms with Gasteiger partial charge in [0.1, 0.15) is 5.69 Å². The molecular weight excluding hydrogens is 318 g/mol. The number of anilines is 2. The lowest BCUT2D eigenvalue weighted by atomic mass is 10.1. The molecule has 20 heavy (non-hydrogen) atoms. The molecule has 2 aromatic rings. The molecular formula is C15H14BrN3O. The third kappa shape index (κ3) is 2.08. The first-order valence-corrected chi connectivity index (χ1v) is 7.18. The quantitative estimate of drug-likeness (QED) is 0.817. The van der Waals surface area contributed by atoms with Gasteiger partial charge in [0, 0.05) is 28.6 Å². The first-order valence-electron chi connectivity index (χ1n) is 6.39. The summed E-state index contributed by atoms with van der Waals surface area (Å²) in [4.78, 5) is 18.5. The van der Waals surface area contributed by atoms with Gasteiger partial charge in [-0.25, -0.2) is 4.98 Å². The van der Waals surface area contributed by atoms with Gasteiger partial charge in [-0.2, -0.15) is 0 Å². The fourth-order valence-corrected chi connectivity index (χ4v) is 2.88. The molecule has 0 atom stereocenters. The molecule has 0 fully saturated rings. The maximum absolute atomic E-state index is 12.6. The molecule has 0 radical (unpaired) electrons. The Kier molecular flexibility index (Phi) is 3.22. The van der Waals surface area contributed by atoms with E-state index in [4.69, 9.17) is 5.73 Å². The number of aryl methyl sites for hydroxylation is 1. The first-order chi connectivity index (χ1) is 9.58. The molecule has 0 aliphatic carbocycles. The number of nitrogen functional groups attached to an aromatic ring is 1. The topological polar surface area (TPSA) is 59.2 Å². The van der Waals surface area contributed by atoms with Crippen molar-refractivity contribution in [3.63, 3.8) is 0 Å². The molecule has 1 aliphatic rings. The molecule has 1 aromatic carbocycles. The minimum Gasteiger partial charge on any atom is -0.398 e. The molecule has 102 valence electrons. The van der Waals surface area contributed by atoms with Crippen molar-refractivity contribution >= 4 is 33.2 Å². The number of amides is 1. The molecule has 5 heteroatoms. The Labute approximate surface area is 125 Å². The zero-order valence-electron chi connectivity index (χ0n) is 11.1. The summed E-state index contributed by atoms with van der Waals surface area (Å²) in [6.07, 6.45) is 2.48. The highest BCUT2D eigenvalue weighted by Crippen LogP contribution is 2.33. The molecule has 3 rings (SSSR count). The van der Waals surface area contributed by atoms with Gasteiger partial charge in [-0.15, -0.1) is 0 Å². The van der Waals surface area contributed by atoms with Crippen LogP contribution in [-0.2, 0) is 6.42 Å². The van der Waals surface area contributed by atoms with Gasteiger partial charge in [-0.1, -0.05) is 6.07 Å². The molecule has 0 saturated carbocycles. The van der Waals surface area contributed by atoms with E-state index in [2.05, 4.69) is 27.0 Å². The van der Waals surface area contributed by atoms with Crippen molar-refractivity contribution in [1.82, 2.24) is 4.98 Å². The largest absolute Gasteiger partial charge is 0.398 e. The zero-order valence-corrected chi connectivity index (χ0v) is 12.6. The molecule has 0 saturated heterocycles. The maximum atomic E-state index is 12.6. The summed E-state index contributed by atoms with van der Waals surface area (Å²) < 4.78 is 0.707. The van der Waals surface area contributed by atoms with E-state index in [1.807, 2.05) is 19.1 Å². The van der Waals surface area contributed by atoms with Crippen LogP contribution in [0.1, 0.15) is 21.6 Å². The molecule has 2 heterocycles. The van der Waals surface area contributed by atoms with E-state index in [-0.39, 0.29) is 5.91 Å². The van der Waals surface area contributed by atoms with E-state index in [0.29, 0.717) is 22.4 Å². The van der Waals surface area contributed by atoms with Gasteiger partial charge in [-0.05, 0) is 58.6 Å². The Morgan fingerprint density at radius 1 is 1.45 bits per heavy atom. The summed E-state index contributed by atoms with van der Waals surface area (Å²) in [5.74, 6) is -0.0977. The molecule has 1 aromatic heterocycles. The highest BCUT2D eigenvalue weighted by atomic mass is 79.9. The van der Waals surface area contributed by atoms with E-state index in [1.165, 1.54) is 0 Å². The summed E-state index contributed by atoms with van der Waals surface area (Å²) in [7, 11) is 0. The van der Waals surface area contributed by atoms with Crippen LogP contribution in [0.25, 0.3) is 0 Å². The number of fused-ring (bicyclic) bond motifs is 1. The van der Waals surface area contributed by atoms with Crippen molar-refractivity contribution in [2.75, 3.05) is 17.2 Å². The van der Waals surface area contributed by atoms with Crippen LogP contribution < -0.4 is 10.6 Å². The smallest absolute Gasteiger partial charge is 0.278 e. The van der Waals surface area contributed by atoms with Gasteiger partial charge in [-0.3, -0.25) is 4.79 Å². The Bertz CT molecular complexity index is 700. The monoisotopic (exact) mass is 331 g/mol. The van der Waals surface area contributed by atoms with Gasteiger partial charge >= 0.3 is 0 Å². The lowest BCUT2D eigenvalue weighted by Crippen LogP contribution is -2.30. The van der Waals surface area contributed by atoms with Gasteiger partial charge in [0.25, 0.3) is 5.91 Å². The third-order valence-corrected chi connectivity index (χ3v) is 4.21. The SMILES string of the molecule is Cc1cc2c(cc1N)N(C(=O)c1ncccc1Br)CC2. The summed E-state index contributed by atoms with van der Waals surface area (Å²) in [6, 6.07) is 7.55. The number of hydrogen-bond donors (Lipinski definition) is 1. The number of pyridine rings is 1. The van der Waals surface area contributed by atoms with Gasteiger partial charge in [0.05, 0.1) is 0 Å². The maximum Gasteiger partial charge on any atom is 0.278 e. The van der Waals surface area contributed by atoms with Crippen LogP contribution in [0.4, 0.5) is 11.4 Å². The predicted molar refractivity (Wildman–Crippen MR) is 82.9 cm³/mol. The van der Waals surface area contributed by atoms with Crippen LogP contribution in [0.2, 0.25) is 0 Å². The van der Waals surface area contributed by atoms with Gasteiger partial charge < -0.3 is 10.6 Å². The van der Waals surface area contributed by atoms with Crippen molar-refractivity contribution in [2.24, 2.45) is 0 Å². The van der Waals surface area contributed by atoms with Crippen LogP contribution in [0.15, 0.2) is 34.9 Å². The summed E-state index contributed by atoms with van der Waals surface area (Å²) in [6.45, 7) is 2.65. The summed E-state index contributed by atoms with van der Waals surface area (Å²) >= 11 is 3.38. The number of benzene rings is 1. The molecule has 4 nitrogen and oxygen atoms in total. The minimum absolute atomic E-state index is 0.0977. The van der Waals surface area contributed by atoms with Crippen LogP contribution in [0, 0.1) is 6.92 Å².